The number of rotatable bonds is 4. The zero-order valence-electron chi connectivity index (χ0n) is 15.3. The molecule has 138 valence electrons. The molecule has 3 aromatic rings. The summed E-state index contributed by atoms with van der Waals surface area (Å²) in [6.07, 6.45) is 1.33. The number of anilines is 1. The molecule has 1 aromatic heterocycles. The van der Waals surface area contributed by atoms with Gasteiger partial charge in [0.1, 0.15) is 0 Å². The summed E-state index contributed by atoms with van der Waals surface area (Å²) in [5.41, 5.74) is 3.88. The van der Waals surface area contributed by atoms with E-state index < -0.39 is 0 Å². The molecule has 1 saturated heterocycles. The standard InChI is InChI=1S/C21H20ClN3O2/c1-3-14-7-9-15(10-8-14)21-23-20(24-27-21)16-11-18(26)25(12-16)19-13(2)5-4-6-17(19)22/h4-10,16H,3,11-12H2,1-2H3. The van der Waals surface area contributed by atoms with Gasteiger partial charge in [-0.05, 0) is 42.7 Å². The van der Waals surface area contributed by atoms with Crippen molar-refractivity contribution in [2.45, 2.75) is 32.6 Å². The number of aryl methyl sites for hydroxylation is 2. The Bertz CT molecular complexity index is 961. The first kappa shape index (κ1) is 17.7. The Kier molecular flexibility index (Phi) is 4.70. The molecule has 0 bridgehead atoms. The predicted octanol–water partition coefficient (Wildman–Crippen LogP) is 4.78. The number of amides is 1. The third-order valence-corrected chi connectivity index (χ3v) is 5.30. The highest BCUT2D eigenvalue weighted by Gasteiger charge is 2.36. The van der Waals surface area contributed by atoms with Crippen LogP contribution in [0.2, 0.25) is 5.02 Å². The van der Waals surface area contributed by atoms with E-state index >= 15 is 0 Å². The maximum Gasteiger partial charge on any atom is 0.257 e. The normalized spacial score (nSPS) is 16.9. The first-order valence-corrected chi connectivity index (χ1v) is 9.43. The number of benzene rings is 2. The van der Waals surface area contributed by atoms with Crippen LogP contribution < -0.4 is 4.90 Å². The van der Waals surface area contributed by atoms with Crippen LogP contribution >= 0.6 is 11.6 Å². The second kappa shape index (κ2) is 7.16. The minimum atomic E-state index is -0.111. The molecule has 0 radical (unpaired) electrons. The van der Waals surface area contributed by atoms with Crippen molar-refractivity contribution >= 4 is 23.2 Å². The maximum atomic E-state index is 12.6. The van der Waals surface area contributed by atoms with E-state index in [4.69, 9.17) is 16.1 Å². The summed E-state index contributed by atoms with van der Waals surface area (Å²) >= 11 is 6.33. The van der Waals surface area contributed by atoms with E-state index in [1.807, 2.05) is 31.2 Å². The average molecular weight is 382 g/mol. The molecule has 1 atom stereocenters. The van der Waals surface area contributed by atoms with E-state index in [1.165, 1.54) is 5.56 Å². The molecule has 1 unspecified atom stereocenters. The Morgan fingerprint density at radius 2 is 2.00 bits per heavy atom. The molecular weight excluding hydrogens is 362 g/mol. The molecule has 0 saturated carbocycles. The van der Waals surface area contributed by atoms with Gasteiger partial charge in [-0.1, -0.05) is 47.9 Å². The van der Waals surface area contributed by atoms with Gasteiger partial charge in [-0.3, -0.25) is 4.79 Å². The van der Waals surface area contributed by atoms with Crippen LogP contribution in [0.15, 0.2) is 47.0 Å². The molecule has 0 aliphatic carbocycles. The van der Waals surface area contributed by atoms with Crippen molar-refractivity contribution in [2.24, 2.45) is 0 Å². The zero-order valence-corrected chi connectivity index (χ0v) is 16.0. The third-order valence-electron chi connectivity index (χ3n) is 5.00. The molecule has 0 N–H and O–H groups in total. The summed E-state index contributed by atoms with van der Waals surface area (Å²) in [5.74, 6) is 0.952. The molecule has 5 nitrogen and oxygen atoms in total. The Hall–Kier alpha value is -2.66. The molecule has 1 fully saturated rings. The maximum absolute atomic E-state index is 12.6. The summed E-state index contributed by atoms with van der Waals surface area (Å²) in [6.45, 7) is 4.56. The van der Waals surface area contributed by atoms with E-state index in [-0.39, 0.29) is 11.8 Å². The first-order valence-electron chi connectivity index (χ1n) is 9.05. The monoisotopic (exact) mass is 381 g/mol. The Morgan fingerprint density at radius 3 is 2.70 bits per heavy atom. The van der Waals surface area contributed by atoms with Gasteiger partial charge in [0.25, 0.3) is 5.89 Å². The molecular formula is C21H20ClN3O2. The quantitative estimate of drug-likeness (QED) is 0.652. The lowest BCUT2D eigenvalue weighted by molar-refractivity contribution is -0.117. The number of carbonyl (C=O) groups is 1. The lowest BCUT2D eigenvalue weighted by atomic mass is 10.1. The number of carbonyl (C=O) groups excluding carboxylic acids is 1. The number of hydrogen-bond donors (Lipinski definition) is 0. The lowest BCUT2D eigenvalue weighted by Crippen LogP contribution is -2.25. The smallest absolute Gasteiger partial charge is 0.257 e. The van der Waals surface area contributed by atoms with Crippen LogP contribution in [0.4, 0.5) is 5.69 Å². The van der Waals surface area contributed by atoms with E-state index in [9.17, 15) is 4.79 Å². The van der Waals surface area contributed by atoms with Crippen molar-refractivity contribution < 1.29 is 9.32 Å². The van der Waals surface area contributed by atoms with Crippen molar-refractivity contribution in [3.05, 3.63) is 64.4 Å². The molecule has 1 amide bonds. The SMILES string of the molecule is CCc1ccc(-c2nc(C3CC(=O)N(c4c(C)cccc4Cl)C3)no2)cc1. The average Bonchev–Trinajstić information content (AvgIpc) is 3.29. The number of para-hydroxylation sites is 1. The Balaban J connectivity index is 1.57. The van der Waals surface area contributed by atoms with Crippen LogP contribution in [-0.4, -0.2) is 22.6 Å². The van der Waals surface area contributed by atoms with E-state index in [0.717, 1.165) is 23.2 Å². The molecule has 6 heteroatoms. The first-order chi connectivity index (χ1) is 13.1. The molecule has 1 aliphatic heterocycles. The van der Waals surface area contributed by atoms with Crippen molar-refractivity contribution in [1.29, 1.82) is 0 Å². The lowest BCUT2D eigenvalue weighted by Gasteiger charge is -2.20. The van der Waals surface area contributed by atoms with Gasteiger partial charge in [-0.2, -0.15) is 4.98 Å². The Labute approximate surface area is 163 Å². The summed E-state index contributed by atoms with van der Waals surface area (Å²) in [5, 5.41) is 4.70. The molecule has 2 heterocycles. The fourth-order valence-electron chi connectivity index (χ4n) is 3.46. The van der Waals surface area contributed by atoms with Crippen LogP contribution in [0.25, 0.3) is 11.5 Å². The van der Waals surface area contributed by atoms with Gasteiger partial charge in [0.2, 0.25) is 5.91 Å². The minimum Gasteiger partial charge on any atom is -0.334 e. The second-order valence-electron chi connectivity index (χ2n) is 6.82. The van der Waals surface area contributed by atoms with Crippen LogP contribution in [0.1, 0.15) is 36.2 Å². The minimum absolute atomic E-state index is 0.0230. The second-order valence-corrected chi connectivity index (χ2v) is 7.23. The van der Waals surface area contributed by atoms with Gasteiger partial charge in [0.15, 0.2) is 5.82 Å². The van der Waals surface area contributed by atoms with E-state index in [1.54, 1.807) is 11.0 Å². The molecule has 4 rings (SSSR count). The molecule has 0 spiro atoms. The summed E-state index contributed by atoms with van der Waals surface area (Å²) in [6, 6.07) is 13.7. The van der Waals surface area contributed by atoms with Crippen molar-refractivity contribution in [1.82, 2.24) is 10.1 Å². The zero-order chi connectivity index (χ0) is 19.0. The van der Waals surface area contributed by atoms with Gasteiger partial charge < -0.3 is 9.42 Å². The topological polar surface area (TPSA) is 59.2 Å². The Morgan fingerprint density at radius 1 is 1.22 bits per heavy atom. The third kappa shape index (κ3) is 3.35. The van der Waals surface area contributed by atoms with Crippen molar-refractivity contribution in [3.63, 3.8) is 0 Å². The van der Waals surface area contributed by atoms with Gasteiger partial charge >= 0.3 is 0 Å². The molecule has 1 aliphatic rings. The van der Waals surface area contributed by atoms with Gasteiger partial charge in [0, 0.05) is 24.4 Å². The molecule has 27 heavy (non-hydrogen) atoms. The van der Waals surface area contributed by atoms with Gasteiger partial charge in [-0.15, -0.1) is 0 Å². The highest BCUT2D eigenvalue weighted by molar-refractivity contribution is 6.34. The number of aromatic nitrogens is 2. The fraction of sp³-hybridized carbons (Fsp3) is 0.286. The van der Waals surface area contributed by atoms with Crippen molar-refractivity contribution in [3.8, 4) is 11.5 Å². The van der Waals surface area contributed by atoms with Crippen LogP contribution in [0.5, 0.6) is 0 Å². The fourth-order valence-corrected chi connectivity index (χ4v) is 3.79. The largest absolute Gasteiger partial charge is 0.334 e. The van der Waals surface area contributed by atoms with Crippen LogP contribution in [-0.2, 0) is 11.2 Å². The van der Waals surface area contributed by atoms with Gasteiger partial charge in [-0.25, -0.2) is 0 Å². The van der Waals surface area contributed by atoms with Gasteiger partial charge in [0.05, 0.1) is 10.7 Å². The number of halogens is 1. The summed E-state index contributed by atoms with van der Waals surface area (Å²) in [4.78, 5) is 18.9. The highest BCUT2D eigenvalue weighted by Crippen LogP contribution is 2.36. The summed E-state index contributed by atoms with van der Waals surface area (Å²) in [7, 11) is 0. The molecule has 2 aromatic carbocycles. The number of nitrogens with zero attached hydrogens (tertiary/aromatic N) is 3. The predicted molar refractivity (Wildman–Crippen MR) is 105 cm³/mol. The number of hydrogen-bond acceptors (Lipinski definition) is 4. The van der Waals surface area contributed by atoms with E-state index in [0.29, 0.717) is 29.7 Å². The van der Waals surface area contributed by atoms with E-state index in [2.05, 4.69) is 29.2 Å². The van der Waals surface area contributed by atoms with Crippen LogP contribution in [0, 0.1) is 6.92 Å². The van der Waals surface area contributed by atoms with Crippen LogP contribution in [0.3, 0.4) is 0 Å². The highest BCUT2D eigenvalue weighted by atomic mass is 35.5. The van der Waals surface area contributed by atoms with Crippen molar-refractivity contribution in [2.75, 3.05) is 11.4 Å². The summed E-state index contributed by atoms with van der Waals surface area (Å²) < 4.78 is 5.44.